The van der Waals surface area contributed by atoms with E-state index in [9.17, 15) is 10.2 Å². The molecule has 3 N–H and O–H groups in total. The Balaban J connectivity index is 2.48. The fourth-order valence-corrected chi connectivity index (χ4v) is 1.21. The Kier molecular flexibility index (Phi) is 2.84. The zero-order valence-electron chi connectivity index (χ0n) is 6.47. The molecule has 4 nitrogen and oxygen atoms in total. The molecular weight excluding hydrogens is 148 g/mol. The molecule has 0 bridgehead atoms. The van der Waals surface area contributed by atoms with Gasteiger partial charge in [0.2, 0.25) is 0 Å². The van der Waals surface area contributed by atoms with Gasteiger partial charge in [0.25, 0.3) is 0 Å². The van der Waals surface area contributed by atoms with Gasteiger partial charge in [0, 0.05) is 6.42 Å². The van der Waals surface area contributed by atoms with Gasteiger partial charge < -0.3 is 20.1 Å². The Morgan fingerprint density at radius 3 is 2.55 bits per heavy atom. The monoisotopic (exact) mass is 162 g/mol. The molecule has 1 heterocycles. The molecule has 1 aliphatic rings. The zero-order valence-corrected chi connectivity index (χ0v) is 6.47. The number of hydrogen-bond acceptors (Lipinski definition) is 4. The number of aliphatic hydroxyl groups is 3. The van der Waals surface area contributed by atoms with Gasteiger partial charge in [-0.2, -0.15) is 0 Å². The molecule has 1 unspecified atom stereocenters. The molecule has 0 aromatic heterocycles. The lowest BCUT2D eigenvalue weighted by atomic mass is 10.00. The number of hydrogen-bond donors (Lipinski definition) is 3. The summed E-state index contributed by atoms with van der Waals surface area (Å²) in [5, 5.41) is 27.1. The van der Waals surface area contributed by atoms with Gasteiger partial charge in [-0.1, -0.05) is 0 Å². The zero-order chi connectivity index (χ0) is 8.43. The fourth-order valence-electron chi connectivity index (χ4n) is 1.21. The molecule has 0 aliphatic carbocycles. The molecular formula is C7H14O4. The van der Waals surface area contributed by atoms with Gasteiger partial charge >= 0.3 is 0 Å². The van der Waals surface area contributed by atoms with Crippen LogP contribution in [0, 0.1) is 0 Å². The van der Waals surface area contributed by atoms with Crippen LogP contribution in [0.25, 0.3) is 0 Å². The lowest BCUT2D eigenvalue weighted by Gasteiger charge is -2.34. The van der Waals surface area contributed by atoms with Crippen LogP contribution < -0.4 is 0 Å². The Labute approximate surface area is 65.4 Å². The first-order valence-corrected chi connectivity index (χ1v) is 3.77. The number of aliphatic hydroxyl groups excluding tert-OH is 3. The molecule has 0 aromatic carbocycles. The van der Waals surface area contributed by atoms with Crippen LogP contribution in [0.2, 0.25) is 0 Å². The highest BCUT2D eigenvalue weighted by Crippen LogP contribution is 2.19. The summed E-state index contributed by atoms with van der Waals surface area (Å²) in [6.07, 6.45) is -1.91. The summed E-state index contributed by atoms with van der Waals surface area (Å²) in [4.78, 5) is 0. The Morgan fingerprint density at radius 2 is 2.00 bits per heavy atom. The second-order valence-corrected chi connectivity index (χ2v) is 2.93. The third kappa shape index (κ3) is 1.90. The predicted octanol–water partition coefficient (Wildman–Crippen LogP) is -1.12. The van der Waals surface area contributed by atoms with E-state index >= 15 is 0 Å². The lowest BCUT2D eigenvalue weighted by Crippen LogP contribution is -2.47. The Bertz CT molecular complexity index is 128. The number of ether oxygens (including phenoxy) is 1. The minimum Gasteiger partial charge on any atom is -0.394 e. The van der Waals surface area contributed by atoms with Crippen molar-refractivity contribution in [3.63, 3.8) is 0 Å². The smallest absolute Gasteiger partial charge is 0.107 e. The quantitative estimate of drug-likeness (QED) is 0.456. The van der Waals surface area contributed by atoms with Gasteiger partial charge in [0.15, 0.2) is 0 Å². The topological polar surface area (TPSA) is 69.9 Å². The summed E-state index contributed by atoms with van der Waals surface area (Å²) in [6, 6.07) is 0. The first kappa shape index (κ1) is 8.93. The van der Waals surface area contributed by atoms with Crippen molar-refractivity contribution in [2.75, 3.05) is 6.61 Å². The highest BCUT2D eigenvalue weighted by Gasteiger charge is 2.32. The third-order valence-electron chi connectivity index (χ3n) is 2.02. The average molecular weight is 162 g/mol. The molecule has 11 heavy (non-hydrogen) atoms. The van der Waals surface area contributed by atoms with Gasteiger partial charge in [-0.25, -0.2) is 0 Å². The van der Waals surface area contributed by atoms with Gasteiger partial charge in [-0.05, 0) is 6.92 Å². The highest BCUT2D eigenvalue weighted by atomic mass is 16.5. The first-order valence-electron chi connectivity index (χ1n) is 3.77. The molecule has 0 saturated carbocycles. The summed E-state index contributed by atoms with van der Waals surface area (Å²) in [5.41, 5.74) is 0. The van der Waals surface area contributed by atoms with E-state index in [1.807, 2.05) is 0 Å². The second-order valence-electron chi connectivity index (χ2n) is 2.93. The summed E-state index contributed by atoms with van der Waals surface area (Å²) < 4.78 is 5.11. The van der Waals surface area contributed by atoms with Crippen LogP contribution in [0.5, 0.6) is 0 Å². The van der Waals surface area contributed by atoms with Crippen LogP contribution in [-0.4, -0.2) is 46.3 Å². The minimum atomic E-state index is -0.744. The molecule has 1 rings (SSSR count). The van der Waals surface area contributed by atoms with Crippen molar-refractivity contribution in [2.24, 2.45) is 0 Å². The molecule has 0 radical (unpaired) electrons. The van der Waals surface area contributed by atoms with Crippen molar-refractivity contribution in [2.45, 2.75) is 37.8 Å². The summed E-state index contributed by atoms with van der Waals surface area (Å²) in [5.74, 6) is 0. The van der Waals surface area contributed by atoms with Gasteiger partial charge in [0.05, 0.1) is 24.9 Å². The van der Waals surface area contributed by atoms with E-state index in [0.717, 1.165) is 0 Å². The SMILES string of the molecule is CC1O[C@H](CO)[C@@H](O)C[C@@H]1O. The molecule has 0 spiro atoms. The summed E-state index contributed by atoms with van der Waals surface area (Å²) in [7, 11) is 0. The average Bonchev–Trinajstić information content (AvgIpc) is 1.97. The van der Waals surface area contributed by atoms with Gasteiger partial charge in [-0.15, -0.1) is 0 Å². The molecule has 4 heteroatoms. The van der Waals surface area contributed by atoms with E-state index < -0.39 is 18.3 Å². The van der Waals surface area contributed by atoms with Crippen molar-refractivity contribution in [3.05, 3.63) is 0 Å². The van der Waals surface area contributed by atoms with E-state index in [2.05, 4.69) is 0 Å². The summed E-state index contributed by atoms with van der Waals surface area (Å²) in [6.45, 7) is 1.53. The van der Waals surface area contributed by atoms with Crippen molar-refractivity contribution >= 4 is 0 Å². The second kappa shape index (κ2) is 3.49. The van der Waals surface area contributed by atoms with Crippen LogP contribution in [0.3, 0.4) is 0 Å². The van der Waals surface area contributed by atoms with Crippen LogP contribution in [-0.2, 0) is 4.74 Å². The maximum atomic E-state index is 9.21. The Hall–Kier alpha value is -0.160. The maximum Gasteiger partial charge on any atom is 0.107 e. The van der Waals surface area contributed by atoms with E-state index in [0.29, 0.717) is 0 Å². The molecule has 0 aromatic rings. The molecule has 4 atom stereocenters. The first-order chi connectivity index (χ1) is 5.15. The predicted molar refractivity (Wildman–Crippen MR) is 38.1 cm³/mol. The van der Waals surface area contributed by atoms with E-state index in [1.165, 1.54) is 0 Å². The van der Waals surface area contributed by atoms with Gasteiger partial charge in [0.1, 0.15) is 6.10 Å². The van der Waals surface area contributed by atoms with Crippen molar-refractivity contribution in [3.8, 4) is 0 Å². The van der Waals surface area contributed by atoms with Crippen molar-refractivity contribution in [1.82, 2.24) is 0 Å². The Morgan fingerprint density at radius 1 is 1.36 bits per heavy atom. The van der Waals surface area contributed by atoms with Gasteiger partial charge in [-0.3, -0.25) is 0 Å². The lowest BCUT2D eigenvalue weighted by molar-refractivity contribution is -0.173. The maximum absolute atomic E-state index is 9.21. The van der Waals surface area contributed by atoms with Crippen LogP contribution >= 0.6 is 0 Å². The van der Waals surface area contributed by atoms with Crippen LogP contribution in [0.15, 0.2) is 0 Å². The highest BCUT2D eigenvalue weighted by molar-refractivity contribution is 4.81. The van der Waals surface area contributed by atoms with Crippen molar-refractivity contribution in [1.29, 1.82) is 0 Å². The number of rotatable bonds is 1. The minimum absolute atomic E-state index is 0.196. The van der Waals surface area contributed by atoms with Crippen LogP contribution in [0.4, 0.5) is 0 Å². The molecule has 0 amide bonds. The van der Waals surface area contributed by atoms with E-state index in [4.69, 9.17) is 9.84 Å². The van der Waals surface area contributed by atoms with Crippen LogP contribution in [0.1, 0.15) is 13.3 Å². The molecule has 1 aliphatic heterocycles. The van der Waals surface area contributed by atoms with E-state index in [1.54, 1.807) is 6.92 Å². The van der Waals surface area contributed by atoms with E-state index in [-0.39, 0.29) is 19.1 Å². The molecule has 1 saturated heterocycles. The summed E-state index contributed by atoms with van der Waals surface area (Å²) >= 11 is 0. The molecule has 1 fully saturated rings. The fraction of sp³-hybridized carbons (Fsp3) is 1.00. The largest absolute Gasteiger partial charge is 0.394 e. The normalized spacial score (nSPS) is 45.8. The third-order valence-corrected chi connectivity index (χ3v) is 2.02. The molecule has 66 valence electrons. The van der Waals surface area contributed by atoms with Crippen molar-refractivity contribution < 1.29 is 20.1 Å². The standard InChI is InChI=1S/C7H14O4/c1-4-5(9)2-6(10)7(3-8)11-4/h4-10H,2-3H2,1H3/t4?,5-,6-,7+/m0/s1.